The maximum Gasteiger partial charge on any atom is 0.166 e. The predicted octanol–water partition coefficient (Wildman–Crippen LogP) is 4.08. The van der Waals surface area contributed by atoms with Gasteiger partial charge in [0.05, 0.1) is 0 Å². The van der Waals surface area contributed by atoms with Gasteiger partial charge in [0.25, 0.3) is 0 Å². The van der Waals surface area contributed by atoms with E-state index in [1.54, 1.807) is 6.07 Å². The number of phenolic OH excluding ortho intramolecular Hbond substituents is 1. The fraction of sp³-hybridized carbons (Fsp3) is 0.562. The van der Waals surface area contributed by atoms with Crippen LogP contribution in [0.4, 0.5) is 0 Å². The Morgan fingerprint density at radius 2 is 1.72 bits per heavy atom. The Hall–Kier alpha value is -1.31. The first-order valence-corrected chi connectivity index (χ1v) is 6.86. The van der Waals surface area contributed by atoms with Crippen LogP contribution in [0.1, 0.15) is 59.2 Å². The predicted molar refractivity (Wildman–Crippen MR) is 73.2 cm³/mol. The molecule has 0 amide bonds. The van der Waals surface area contributed by atoms with Gasteiger partial charge >= 0.3 is 0 Å². The second-order valence-electron chi connectivity index (χ2n) is 5.54. The number of benzene rings is 1. The van der Waals surface area contributed by atoms with Gasteiger partial charge < -0.3 is 5.11 Å². The van der Waals surface area contributed by atoms with Crippen molar-refractivity contribution < 1.29 is 9.90 Å². The Kier molecular flexibility index (Phi) is 3.74. The summed E-state index contributed by atoms with van der Waals surface area (Å²) in [7, 11) is 0. The van der Waals surface area contributed by atoms with E-state index in [2.05, 4.69) is 0 Å². The van der Waals surface area contributed by atoms with Crippen LogP contribution in [0.25, 0.3) is 0 Å². The molecule has 0 spiro atoms. The van der Waals surface area contributed by atoms with Gasteiger partial charge in [-0.3, -0.25) is 4.79 Å². The number of phenols is 1. The molecule has 1 saturated carbocycles. The number of hydrogen-bond donors (Lipinski definition) is 1. The molecule has 1 aromatic rings. The van der Waals surface area contributed by atoms with Gasteiger partial charge in [-0.25, -0.2) is 0 Å². The molecule has 1 aromatic carbocycles. The van der Waals surface area contributed by atoms with Crippen LogP contribution in [0.5, 0.6) is 5.75 Å². The smallest absolute Gasteiger partial charge is 0.166 e. The average Bonchev–Trinajstić information content (AvgIpc) is 2.37. The second-order valence-corrected chi connectivity index (χ2v) is 5.54. The second kappa shape index (κ2) is 5.13. The Labute approximate surface area is 109 Å². The highest BCUT2D eigenvalue weighted by Crippen LogP contribution is 2.32. The zero-order valence-corrected chi connectivity index (χ0v) is 11.5. The van der Waals surface area contributed by atoms with Gasteiger partial charge in [0.1, 0.15) is 5.75 Å². The summed E-state index contributed by atoms with van der Waals surface area (Å²) in [4.78, 5) is 12.6. The van der Waals surface area contributed by atoms with Crippen LogP contribution in [0.3, 0.4) is 0 Å². The molecule has 98 valence electrons. The maximum absolute atomic E-state index is 12.6. The van der Waals surface area contributed by atoms with Gasteiger partial charge in [-0.1, -0.05) is 19.3 Å². The summed E-state index contributed by atoms with van der Waals surface area (Å²) in [5.41, 5.74) is 3.53. The van der Waals surface area contributed by atoms with Crippen LogP contribution in [-0.2, 0) is 0 Å². The van der Waals surface area contributed by atoms with E-state index in [1.165, 1.54) is 19.3 Å². The lowest BCUT2D eigenvalue weighted by molar-refractivity contribution is 0.0888. The molecule has 0 saturated heterocycles. The minimum Gasteiger partial charge on any atom is -0.508 e. The zero-order chi connectivity index (χ0) is 13.3. The van der Waals surface area contributed by atoms with Crippen molar-refractivity contribution >= 4 is 5.78 Å². The molecule has 1 fully saturated rings. The molecule has 1 aliphatic rings. The molecule has 2 heteroatoms. The van der Waals surface area contributed by atoms with Crippen molar-refractivity contribution in [3.8, 4) is 5.75 Å². The minimum atomic E-state index is 0.195. The molecule has 1 aliphatic carbocycles. The van der Waals surface area contributed by atoms with Crippen molar-refractivity contribution in [1.29, 1.82) is 0 Å². The summed E-state index contributed by atoms with van der Waals surface area (Å²) >= 11 is 0. The lowest BCUT2D eigenvalue weighted by atomic mass is 9.81. The first kappa shape index (κ1) is 13.1. The molecule has 2 nitrogen and oxygen atoms in total. The Morgan fingerprint density at radius 1 is 1.11 bits per heavy atom. The minimum absolute atomic E-state index is 0.195. The summed E-state index contributed by atoms with van der Waals surface area (Å²) < 4.78 is 0. The van der Waals surface area contributed by atoms with Crippen LogP contribution in [0.2, 0.25) is 0 Å². The molecule has 1 N–H and O–H groups in total. The van der Waals surface area contributed by atoms with Crippen LogP contribution in [0.15, 0.2) is 6.07 Å². The molecule has 0 bridgehead atoms. The van der Waals surface area contributed by atoms with Crippen LogP contribution in [-0.4, -0.2) is 10.9 Å². The molecular weight excluding hydrogens is 224 g/mol. The van der Waals surface area contributed by atoms with Crippen molar-refractivity contribution in [2.75, 3.05) is 0 Å². The number of carbonyl (C=O) groups is 1. The largest absolute Gasteiger partial charge is 0.508 e. The van der Waals surface area contributed by atoms with Crippen LogP contribution >= 0.6 is 0 Å². The standard InChI is InChI=1S/C16H22O2/c1-10-9-14(17)11(2)12(3)15(10)16(18)13-7-5-4-6-8-13/h9,13,17H,4-8H2,1-3H3. The van der Waals surface area contributed by atoms with E-state index in [0.717, 1.165) is 35.1 Å². The lowest BCUT2D eigenvalue weighted by Gasteiger charge is -2.23. The van der Waals surface area contributed by atoms with Crippen molar-refractivity contribution in [2.24, 2.45) is 5.92 Å². The normalized spacial score (nSPS) is 16.8. The van der Waals surface area contributed by atoms with Crippen LogP contribution < -0.4 is 0 Å². The van der Waals surface area contributed by atoms with E-state index in [0.29, 0.717) is 5.75 Å². The van der Waals surface area contributed by atoms with Gasteiger partial charge in [0.2, 0.25) is 0 Å². The summed E-state index contributed by atoms with van der Waals surface area (Å²) in [6.45, 7) is 5.74. The van der Waals surface area contributed by atoms with E-state index in [1.807, 2.05) is 20.8 Å². The highest BCUT2D eigenvalue weighted by Gasteiger charge is 2.25. The van der Waals surface area contributed by atoms with E-state index < -0.39 is 0 Å². The molecule has 18 heavy (non-hydrogen) atoms. The first-order valence-electron chi connectivity index (χ1n) is 6.86. The molecule has 0 unspecified atom stereocenters. The van der Waals surface area contributed by atoms with E-state index in [9.17, 15) is 9.90 Å². The topological polar surface area (TPSA) is 37.3 Å². The fourth-order valence-corrected chi connectivity index (χ4v) is 3.01. The van der Waals surface area contributed by atoms with Crippen molar-refractivity contribution in [2.45, 2.75) is 52.9 Å². The quantitative estimate of drug-likeness (QED) is 0.798. The summed E-state index contributed by atoms with van der Waals surface area (Å²) in [6, 6.07) is 1.72. The number of ketones is 1. The third-order valence-corrected chi connectivity index (χ3v) is 4.29. The SMILES string of the molecule is Cc1cc(O)c(C)c(C)c1C(=O)C1CCCCC1. The maximum atomic E-state index is 12.6. The fourth-order valence-electron chi connectivity index (χ4n) is 3.01. The summed E-state index contributed by atoms with van der Waals surface area (Å²) in [5, 5.41) is 9.79. The molecular formula is C16H22O2. The number of carbonyl (C=O) groups excluding carboxylic acids is 1. The third kappa shape index (κ3) is 2.29. The molecule has 0 heterocycles. The van der Waals surface area contributed by atoms with Gasteiger partial charge in [0, 0.05) is 11.5 Å². The molecule has 0 aliphatic heterocycles. The lowest BCUT2D eigenvalue weighted by Crippen LogP contribution is -2.20. The van der Waals surface area contributed by atoms with Gasteiger partial charge in [0.15, 0.2) is 5.78 Å². The molecule has 0 radical (unpaired) electrons. The average molecular weight is 246 g/mol. The number of aryl methyl sites for hydroxylation is 1. The highest BCUT2D eigenvalue weighted by atomic mass is 16.3. The van der Waals surface area contributed by atoms with Gasteiger partial charge in [-0.05, 0) is 56.4 Å². The Bertz CT molecular complexity index is 468. The van der Waals surface area contributed by atoms with E-state index in [-0.39, 0.29) is 11.7 Å². The Balaban J connectivity index is 2.38. The van der Waals surface area contributed by atoms with Crippen molar-refractivity contribution in [3.63, 3.8) is 0 Å². The monoisotopic (exact) mass is 246 g/mol. The molecule has 2 rings (SSSR count). The van der Waals surface area contributed by atoms with Gasteiger partial charge in [-0.2, -0.15) is 0 Å². The molecule has 0 aromatic heterocycles. The third-order valence-electron chi connectivity index (χ3n) is 4.29. The van der Waals surface area contributed by atoms with Crippen LogP contribution in [0, 0.1) is 26.7 Å². The number of aromatic hydroxyl groups is 1. The Morgan fingerprint density at radius 3 is 2.33 bits per heavy atom. The highest BCUT2D eigenvalue weighted by molar-refractivity contribution is 6.01. The summed E-state index contributed by atoms with van der Waals surface area (Å²) in [5.74, 6) is 0.776. The number of Topliss-reactive ketones (excluding diaryl/α,β-unsaturated/α-hetero) is 1. The van der Waals surface area contributed by atoms with E-state index >= 15 is 0 Å². The number of hydrogen-bond acceptors (Lipinski definition) is 2. The molecule has 0 atom stereocenters. The summed E-state index contributed by atoms with van der Waals surface area (Å²) in [6.07, 6.45) is 5.66. The van der Waals surface area contributed by atoms with Crippen molar-refractivity contribution in [1.82, 2.24) is 0 Å². The zero-order valence-electron chi connectivity index (χ0n) is 11.5. The van der Waals surface area contributed by atoms with Crippen molar-refractivity contribution in [3.05, 3.63) is 28.3 Å². The van der Waals surface area contributed by atoms with E-state index in [4.69, 9.17) is 0 Å². The number of rotatable bonds is 2. The first-order chi connectivity index (χ1) is 8.52. The van der Waals surface area contributed by atoms with Gasteiger partial charge in [-0.15, -0.1) is 0 Å².